The van der Waals surface area contributed by atoms with E-state index >= 15 is 0 Å². The van der Waals surface area contributed by atoms with Crippen LogP contribution in [0, 0.1) is 6.92 Å². The summed E-state index contributed by atoms with van der Waals surface area (Å²) in [5.74, 6) is 0.869. The summed E-state index contributed by atoms with van der Waals surface area (Å²) in [6.45, 7) is 3.64. The van der Waals surface area contributed by atoms with Crippen molar-refractivity contribution in [2.75, 3.05) is 13.7 Å². The van der Waals surface area contributed by atoms with E-state index < -0.39 is 0 Å². The molecule has 0 fully saturated rings. The summed E-state index contributed by atoms with van der Waals surface area (Å²) in [7, 11) is 1.62. The molecule has 0 saturated carbocycles. The highest BCUT2D eigenvalue weighted by atomic mass is 16.5. The molecule has 3 heterocycles. The minimum Gasteiger partial charge on any atom is -0.497 e. The Balaban J connectivity index is 1.28. The Morgan fingerprint density at radius 3 is 2.59 bits per heavy atom. The third kappa shape index (κ3) is 4.19. The van der Waals surface area contributed by atoms with E-state index in [0.717, 1.165) is 35.5 Å². The topological polar surface area (TPSA) is 82.2 Å². The van der Waals surface area contributed by atoms with Crippen molar-refractivity contribution in [1.29, 1.82) is 0 Å². The van der Waals surface area contributed by atoms with Crippen LogP contribution in [0.5, 0.6) is 5.75 Å². The molecule has 1 aliphatic rings. The maximum Gasteiger partial charge on any atom is 0.295 e. The standard InChI is InChI=1S/C26H27N5O3/c1-18-23-17-31(21-9-11-22(34-2)12-10-21)28-25(23)26(33)30(27-18)14-5-8-24(32)29-15-13-19-6-3-4-7-20(19)16-29/h3-4,6-7,9-12,17H,5,8,13-16H2,1-2H3. The highest BCUT2D eigenvalue weighted by molar-refractivity contribution is 5.79. The zero-order valence-corrected chi connectivity index (χ0v) is 19.4. The van der Waals surface area contributed by atoms with E-state index in [4.69, 9.17) is 4.74 Å². The monoisotopic (exact) mass is 457 g/mol. The van der Waals surface area contributed by atoms with Crippen molar-refractivity contribution in [1.82, 2.24) is 24.5 Å². The van der Waals surface area contributed by atoms with Crippen molar-refractivity contribution in [2.24, 2.45) is 0 Å². The van der Waals surface area contributed by atoms with Gasteiger partial charge in [-0.2, -0.15) is 10.2 Å². The van der Waals surface area contributed by atoms with Crippen LogP contribution in [0.3, 0.4) is 0 Å². The largest absolute Gasteiger partial charge is 0.497 e. The third-order valence-electron chi connectivity index (χ3n) is 6.39. The van der Waals surface area contributed by atoms with Gasteiger partial charge in [0, 0.05) is 37.6 Å². The second kappa shape index (κ2) is 9.13. The molecule has 0 radical (unpaired) electrons. The lowest BCUT2D eigenvalue weighted by atomic mass is 9.99. The third-order valence-corrected chi connectivity index (χ3v) is 6.39. The van der Waals surface area contributed by atoms with Crippen molar-refractivity contribution in [3.05, 3.63) is 81.9 Å². The molecule has 0 unspecified atom stereocenters. The molecule has 1 amide bonds. The lowest BCUT2D eigenvalue weighted by molar-refractivity contribution is -0.132. The Morgan fingerprint density at radius 1 is 1.06 bits per heavy atom. The summed E-state index contributed by atoms with van der Waals surface area (Å²) >= 11 is 0. The van der Waals surface area contributed by atoms with E-state index in [-0.39, 0.29) is 11.5 Å². The Bertz CT molecular complexity index is 1400. The number of aromatic nitrogens is 4. The minimum atomic E-state index is -0.243. The first-order valence-corrected chi connectivity index (χ1v) is 11.5. The van der Waals surface area contributed by atoms with Crippen molar-refractivity contribution in [3.8, 4) is 11.4 Å². The van der Waals surface area contributed by atoms with Crippen LogP contribution in [0.1, 0.15) is 29.7 Å². The maximum atomic E-state index is 13.0. The number of amides is 1. The van der Waals surface area contributed by atoms with Gasteiger partial charge in [-0.25, -0.2) is 9.36 Å². The van der Waals surface area contributed by atoms with E-state index in [1.165, 1.54) is 15.8 Å². The summed E-state index contributed by atoms with van der Waals surface area (Å²) in [5.41, 5.74) is 4.23. The van der Waals surface area contributed by atoms with E-state index in [1.807, 2.05) is 54.4 Å². The Morgan fingerprint density at radius 2 is 1.82 bits per heavy atom. The fourth-order valence-corrected chi connectivity index (χ4v) is 4.46. The van der Waals surface area contributed by atoms with E-state index in [9.17, 15) is 9.59 Å². The number of nitrogens with zero attached hydrogens (tertiary/aromatic N) is 5. The summed E-state index contributed by atoms with van der Waals surface area (Å²) in [6, 6.07) is 15.7. The van der Waals surface area contributed by atoms with Crippen molar-refractivity contribution >= 4 is 16.8 Å². The van der Waals surface area contributed by atoms with E-state index in [2.05, 4.69) is 22.3 Å². The van der Waals surface area contributed by atoms with Crippen LogP contribution in [0.2, 0.25) is 0 Å². The summed E-state index contributed by atoms with van der Waals surface area (Å²) in [5, 5.41) is 9.73. The predicted octanol–water partition coefficient (Wildman–Crippen LogP) is 3.26. The fraction of sp³-hybridized carbons (Fsp3) is 0.308. The molecule has 0 aliphatic carbocycles. The number of carbonyl (C=O) groups excluding carboxylic acids is 1. The van der Waals surface area contributed by atoms with Gasteiger partial charge in [-0.05, 0) is 55.2 Å². The molecule has 0 N–H and O–H groups in total. The van der Waals surface area contributed by atoms with Crippen molar-refractivity contribution < 1.29 is 9.53 Å². The molecule has 5 rings (SSSR count). The van der Waals surface area contributed by atoms with Crippen molar-refractivity contribution in [2.45, 2.75) is 39.3 Å². The first-order chi connectivity index (χ1) is 16.5. The number of aryl methyl sites for hydroxylation is 2. The molecule has 0 spiro atoms. The first-order valence-electron chi connectivity index (χ1n) is 11.5. The Kier molecular flexibility index (Phi) is 5.88. The highest BCUT2D eigenvalue weighted by Gasteiger charge is 2.20. The van der Waals surface area contributed by atoms with E-state index in [0.29, 0.717) is 31.4 Å². The van der Waals surface area contributed by atoms with Gasteiger partial charge in [-0.1, -0.05) is 24.3 Å². The zero-order chi connectivity index (χ0) is 23.7. The van der Waals surface area contributed by atoms with Crippen LogP contribution >= 0.6 is 0 Å². The summed E-state index contributed by atoms with van der Waals surface area (Å²) < 4.78 is 8.32. The second-order valence-electron chi connectivity index (χ2n) is 8.59. The molecule has 8 heteroatoms. The number of carbonyl (C=O) groups is 1. The molecule has 174 valence electrons. The highest BCUT2D eigenvalue weighted by Crippen LogP contribution is 2.20. The van der Waals surface area contributed by atoms with Gasteiger partial charge in [0.05, 0.1) is 18.5 Å². The predicted molar refractivity (Wildman–Crippen MR) is 129 cm³/mol. The van der Waals surface area contributed by atoms with Gasteiger partial charge in [0.25, 0.3) is 5.56 Å². The average molecular weight is 458 g/mol. The number of fused-ring (bicyclic) bond motifs is 2. The van der Waals surface area contributed by atoms with Crippen LogP contribution in [0.25, 0.3) is 16.6 Å². The molecule has 0 bridgehead atoms. The number of hydrogen-bond acceptors (Lipinski definition) is 5. The number of methoxy groups -OCH3 is 1. The number of ether oxygens (including phenoxy) is 1. The van der Waals surface area contributed by atoms with Crippen LogP contribution in [0.15, 0.2) is 59.5 Å². The molecule has 0 atom stereocenters. The first kappa shape index (κ1) is 21.9. The molecular formula is C26H27N5O3. The molecular weight excluding hydrogens is 430 g/mol. The van der Waals surface area contributed by atoms with Crippen LogP contribution in [-0.2, 0) is 24.3 Å². The van der Waals surface area contributed by atoms with Gasteiger partial charge in [-0.3, -0.25) is 9.59 Å². The molecule has 0 saturated heterocycles. The van der Waals surface area contributed by atoms with Gasteiger partial charge in [0.2, 0.25) is 5.91 Å². The maximum absolute atomic E-state index is 13.0. The number of rotatable bonds is 6. The van der Waals surface area contributed by atoms with Crippen molar-refractivity contribution in [3.63, 3.8) is 0 Å². The van der Waals surface area contributed by atoms with E-state index in [1.54, 1.807) is 11.8 Å². The fourth-order valence-electron chi connectivity index (χ4n) is 4.46. The van der Waals surface area contributed by atoms with Gasteiger partial charge in [0.15, 0.2) is 5.52 Å². The van der Waals surface area contributed by atoms with Gasteiger partial charge in [0.1, 0.15) is 5.75 Å². The minimum absolute atomic E-state index is 0.115. The summed E-state index contributed by atoms with van der Waals surface area (Å²) in [6.07, 6.45) is 3.64. The Hall–Kier alpha value is -3.94. The molecule has 4 aromatic rings. The number of hydrogen-bond donors (Lipinski definition) is 0. The SMILES string of the molecule is COc1ccc(-n2cc3c(C)nn(CCCC(=O)N4CCc5ccccc5C4)c(=O)c3n2)cc1. The van der Waals surface area contributed by atoms with Crippen LogP contribution in [0.4, 0.5) is 0 Å². The quantitative estimate of drug-likeness (QED) is 0.444. The van der Waals surface area contributed by atoms with Gasteiger partial charge in [-0.15, -0.1) is 0 Å². The number of benzene rings is 2. The molecule has 34 heavy (non-hydrogen) atoms. The lowest BCUT2D eigenvalue weighted by Crippen LogP contribution is -2.36. The van der Waals surface area contributed by atoms with Gasteiger partial charge >= 0.3 is 0 Å². The molecule has 8 nitrogen and oxygen atoms in total. The normalized spacial score (nSPS) is 13.2. The smallest absolute Gasteiger partial charge is 0.295 e. The van der Waals surface area contributed by atoms with Gasteiger partial charge < -0.3 is 9.64 Å². The molecule has 2 aromatic carbocycles. The zero-order valence-electron chi connectivity index (χ0n) is 19.4. The average Bonchev–Trinajstić information content (AvgIpc) is 3.33. The Labute approximate surface area is 197 Å². The van der Waals surface area contributed by atoms with Crippen LogP contribution in [-0.4, -0.2) is 44.0 Å². The second-order valence-corrected chi connectivity index (χ2v) is 8.59. The molecule has 2 aromatic heterocycles. The summed E-state index contributed by atoms with van der Waals surface area (Å²) in [4.78, 5) is 27.7. The molecule has 1 aliphatic heterocycles. The lowest BCUT2D eigenvalue weighted by Gasteiger charge is -2.29. The van der Waals surface area contributed by atoms with Crippen LogP contribution < -0.4 is 10.3 Å².